The molecule has 0 saturated heterocycles. The zero-order valence-electron chi connectivity index (χ0n) is 6.77. The van der Waals surface area contributed by atoms with Crippen LogP contribution in [0, 0.1) is 0 Å². The van der Waals surface area contributed by atoms with Gasteiger partial charge in [-0.1, -0.05) is 18.2 Å². The highest BCUT2D eigenvalue weighted by atomic mass is 32.2. The minimum atomic E-state index is -2.01. The van der Waals surface area contributed by atoms with E-state index < -0.39 is 9.73 Å². The van der Waals surface area contributed by atoms with Gasteiger partial charge in [-0.25, -0.2) is 8.57 Å². The minimum absolute atomic E-state index is 0.733. The maximum atomic E-state index is 12.0. The van der Waals surface area contributed by atoms with E-state index in [9.17, 15) is 4.21 Å². The van der Waals surface area contributed by atoms with Crippen LogP contribution in [0.1, 0.15) is 6.42 Å². The van der Waals surface area contributed by atoms with Crippen molar-refractivity contribution in [1.82, 2.24) is 0 Å². The van der Waals surface area contributed by atoms with E-state index in [0.29, 0.717) is 0 Å². The van der Waals surface area contributed by atoms with Gasteiger partial charge in [0.2, 0.25) is 0 Å². The van der Waals surface area contributed by atoms with E-state index in [1.165, 1.54) is 0 Å². The van der Waals surface area contributed by atoms with E-state index in [4.69, 9.17) is 0 Å². The zero-order chi connectivity index (χ0) is 8.44. The molecule has 0 aliphatic carbocycles. The van der Waals surface area contributed by atoms with Crippen LogP contribution in [0.5, 0.6) is 0 Å². The number of hydrogen-bond acceptors (Lipinski definition) is 2. The zero-order valence-corrected chi connectivity index (χ0v) is 7.59. The fourth-order valence-electron chi connectivity index (χ4n) is 1.36. The molecular weight excluding hydrogens is 170 g/mol. The third kappa shape index (κ3) is 1.25. The Morgan fingerprint density at radius 3 is 2.58 bits per heavy atom. The molecule has 1 aliphatic heterocycles. The van der Waals surface area contributed by atoms with Gasteiger partial charge >= 0.3 is 0 Å². The van der Waals surface area contributed by atoms with Gasteiger partial charge in [-0.3, -0.25) is 0 Å². The average molecular weight is 181 g/mol. The van der Waals surface area contributed by atoms with Gasteiger partial charge in [0, 0.05) is 17.2 Å². The highest BCUT2D eigenvalue weighted by Gasteiger charge is 2.15. The largest absolute Gasteiger partial charge is 0.245 e. The van der Waals surface area contributed by atoms with Crippen LogP contribution in [0.25, 0.3) is 0 Å². The van der Waals surface area contributed by atoms with Crippen molar-refractivity contribution in [2.24, 2.45) is 4.36 Å². The van der Waals surface area contributed by atoms with Crippen molar-refractivity contribution in [3.05, 3.63) is 30.3 Å². The summed E-state index contributed by atoms with van der Waals surface area (Å²) >= 11 is 0. The van der Waals surface area contributed by atoms with Crippen molar-refractivity contribution in [3.63, 3.8) is 0 Å². The lowest BCUT2D eigenvalue weighted by Crippen LogP contribution is -2.00. The van der Waals surface area contributed by atoms with Gasteiger partial charge in [-0.2, -0.15) is 0 Å². The van der Waals surface area contributed by atoms with Gasteiger partial charge < -0.3 is 0 Å². The van der Waals surface area contributed by atoms with Crippen LogP contribution in [0.15, 0.2) is 39.6 Å². The van der Waals surface area contributed by atoms with Crippen LogP contribution < -0.4 is 0 Å². The quantitative estimate of drug-likeness (QED) is 0.650. The summed E-state index contributed by atoms with van der Waals surface area (Å²) in [5.41, 5.74) is 0. The fourth-order valence-corrected chi connectivity index (χ4v) is 3.40. The first kappa shape index (κ1) is 7.80. The lowest BCUT2D eigenvalue weighted by molar-refractivity contribution is 0.679. The summed E-state index contributed by atoms with van der Waals surface area (Å²) in [6.07, 6.45) is 0.966. The molecule has 12 heavy (non-hydrogen) atoms. The number of hydrogen-bond donors (Lipinski definition) is 0. The van der Waals surface area contributed by atoms with Gasteiger partial charge in [0.15, 0.2) is 0 Å². The van der Waals surface area contributed by atoms with Gasteiger partial charge in [-0.15, -0.1) is 0 Å². The second-order valence-corrected chi connectivity index (χ2v) is 5.28. The first-order chi connectivity index (χ1) is 5.81. The maximum Gasteiger partial charge on any atom is 0.0752 e. The molecule has 0 radical (unpaired) electrons. The maximum absolute atomic E-state index is 12.0. The van der Waals surface area contributed by atoms with Crippen molar-refractivity contribution < 1.29 is 4.21 Å². The Morgan fingerprint density at radius 1 is 1.25 bits per heavy atom. The summed E-state index contributed by atoms with van der Waals surface area (Å²) in [6.45, 7) is 0.758. The van der Waals surface area contributed by atoms with Crippen LogP contribution in [-0.2, 0) is 9.73 Å². The summed E-state index contributed by atoms with van der Waals surface area (Å²) < 4.78 is 16.2. The van der Waals surface area contributed by atoms with Crippen molar-refractivity contribution in [1.29, 1.82) is 0 Å². The molecule has 1 aromatic carbocycles. The summed E-state index contributed by atoms with van der Waals surface area (Å²) in [6, 6.07) is 9.56. The van der Waals surface area contributed by atoms with Crippen molar-refractivity contribution >= 4 is 9.73 Å². The average Bonchev–Trinajstić information content (AvgIpc) is 2.55. The Kier molecular flexibility index (Phi) is 1.89. The first-order valence-corrected chi connectivity index (χ1v) is 5.75. The smallest absolute Gasteiger partial charge is 0.0752 e. The van der Waals surface area contributed by atoms with Crippen LogP contribution in [-0.4, -0.2) is 16.5 Å². The van der Waals surface area contributed by atoms with E-state index in [2.05, 4.69) is 4.36 Å². The minimum Gasteiger partial charge on any atom is -0.245 e. The molecule has 0 fully saturated rings. The van der Waals surface area contributed by atoms with Crippen LogP contribution in [0.3, 0.4) is 0 Å². The first-order valence-electron chi connectivity index (χ1n) is 4.07. The number of benzene rings is 1. The molecule has 1 aliphatic rings. The molecule has 0 bridgehead atoms. The highest BCUT2D eigenvalue weighted by molar-refractivity contribution is 7.93. The molecule has 1 aromatic rings. The number of rotatable bonds is 1. The third-order valence-electron chi connectivity index (χ3n) is 1.99. The van der Waals surface area contributed by atoms with E-state index in [1.54, 1.807) is 0 Å². The van der Waals surface area contributed by atoms with Crippen molar-refractivity contribution in [2.45, 2.75) is 11.3 Å². The van der Waals surface area contributed by atoms with Crippen molar-refractivity contribution in [3.8, 4) is 0 Å². The second kappa shape index (κ2) is 2.90. The molecular formula is C9H11NOS. The topological polar surface area (TPSA) is 29.4 Å². The van der Waals surface area contributed by atoms with Gasteiger partial charge in [-0.05, 0) is 18.6 Å². The molecule has 1 heterocycles. The van der Waals surface area contributed by atoms with Crippen LogP contribution in [0.4, 0.5) is 0 Å². The normalized spacial score (nSPS) is 28.3. The Bertz CT molecular complexity index is 377. The standard InChI is InChI=1S/C9H11NOS/c11-12(8-4-7-10-12)9-5-2-1-3-6-9/h1-3,5-6H,4,7-8H2/t12-/m0/s1. The van der Waals surface area contributed by atoms with Gasteiger partial charge in [0.1, 0.15) is 0 Å². The van der Waals surface area contributed by atoms with E-state index >= 15 is 0 Å². The summed E-state index contributed by atoms with van der Waals surface area (Å²) in [5.74, 6) is 0.733. The Balaban J connectivity index is 2.50. The molecule has 0 aromatic heterocycles. The molecule has 1 atom stereocenters. The molecule has 0 N–H and O–H groups in total. The van der Waals surface area contributed by atoms with E-state index in [-0.39, 0.29) is 0 Å². The fraction of sp³-hybridized carbons (Fsp3) is 0.333. The van der Waals surface area contributed by atoms with E-state index in [1.807, 2.05) is 30.3 Å². The number of nitrogens with zero attached hydrogens (tertiary/aromatic N) is 1. The van der Waals surface area contributed by atoms with Gasteiger partial charge in [0.05, 0.1) is 9.73 Å². The summed E-state index contributed by atoms with van der Waals surface area (Å²) in [7, 11) is -2.01. The highest BCUT2D eigenvalue weighted by Crippen LogP contribution is 2.18. The Morgan fingerprint density at radius 2 is 2.00 bits per heavy atom. The van der Waals surface area contributed by atoms with Crippen LogP contribution >= 0.6 is 0 Å². The van der Waals surface area contributed by atoms with Crippen molar-refractivity contribution in [2.75, 3.05) is 12.3 Å². The SMILES string of the molecule is O=[S@@]1(c2ccccc2)=NCCC1. The molecule has 64 valence electrons. The molecule has 0 spiro atoms. The van der Waals surface area contributed by atoms with Gasteiger partial charge in [0.25, 0.3) is 0 Å². The molecule has 0 amide bonds. The summed E-state index contributed by atoms with van der Waals surface area (Å²) in [5, 5.41) is 0. The molecule has 0 saturated carbocycles. The summed E-state index contributed by atoms with van der Waals surface area (Å²) in [4.78, 5) is 0.891. The lowest BCUT2D eigenvalue weighted by Gasteiger charge is -2.01. The molecule has 0 unspecified atom stereocenters. The van der Waals surface area contributed by atoms with Crippen LogP contribution in [0.2, 0.25) is 0 Å². The predicted molar refractivity (Wildman–Crippen MR) is 49.6 cm³/mol. The van der Waals surface area contributed by atoms with E-state index in [0.717, 1.165) is 23.6 Å². The predicted octanol–water partition coefficient (Wildman–Crippen LogP) is 1.92. The molecule has 3 heteroatoms. The molecule has 2 nitrogen and oxygen atoms in total. The Hall–Kier alpha value is -0.830. The second-order valence-electron chi connectivity index (χ2n) is 2.86. The lowest BCUT2D eigenvalue weighted by atomic mass is 10.4. The third-order valence-corrected chi connectivity index (χ3v) is 4.44. The monoisotopic (exact) mass is 181 g/mol. The Labute approximate surface area is 72.8 Å². The molecule has 2 rings (SSSR count).